The van der Waals surface area contributed by atoms with Crippen LogP contribution in [-0.4, -0.2) is 40.1 Å². The molecule has 0 spiro atoms. The molecule has 1 amide bonds. The van der Waals surface area contributed by atoms with Crippen LogP contribution in [0.5, 0.6) is 0 Å². The largest absolute Gasteiger partial charge is 0.447 e. The fourth-order valence-electron chi connectivity index (χ4n) is 3.61. The number of carbonyl (C=O) groups is 2. The monoisotopic (exact) mass is 391 g/mol. The number of ether oxygens (including phenoxy) is 1. The molecule has 1 aliphatic heterocycles. The number of fused-ring (bicyclic) bond motifs is 1. The quantitative estimate of drug-likeness (QED) is 0.674. The Morgan fingerprint density at radius 3 is 2.38 bits per heavy atom. The number of rotatable bonds is 5. The van der Waals surface area contributed by atoms with E-state index < -0.39 is 12.1 Å². The van der Waals surface area contributed by atoms with Crippen LogP contribution in [0.2, 0.25) is 0 Å². The van der Waals surface area contributed by atoms with Gasteiger partial charge in [0.2, 0.25) is 6.10 Å². The van der Waals surface area contributed by atoms with E-state index in [2.05, 4.69) is 10.2 Å². The van der Waals surface area contributed by atoms with Crippen LogP contribution in [-0.2, 0) is 20.7 Å². The molecule has 0 aliphatic carbocycles. The highest BCUT2D eigenvalue weighted by Gasteiger charge is 2.31. The number of nitrogens with one attached hydrogen (secondary N) is 1. The molecular formula is C22H21N3O4. The lowest BCUT2D eigenvalue weighted by Gasteiger charge is -2.23. The van der Waals surface area contributed by atoms with E-state index in [1.165, 1.54) is 0 Å². The second-order valence-electron chi connectivity index (χ2n) is 7.03. The van der Waals surface area contributed by atoms with Gasteiger partial charge in [-0.3, -0.25) is 14.4 Å². The van der Waals surface area contributed by atoms with E-state index in [4.69, 9.17) is 4.74 Å². The predicted molar refractivity (Wildman–Crippen MR) is 107 cm³/mol. The van der Waals surface area contributed by atoms with Crippen molar-refractivity contribution in [3.05, 3.63) is 76.2 Å². The summed E-state index contributed by atoms with van der Waals surface area (Å²) in [5.74, 6) is -0.780. The summed E-state index contributed by atoms with van der Waals surface area (Å²) in [6.45, 7) is 1.34. The maximum absolute atomic E-state index is 13.0. The number of aromatic nitrogens is 2. The number of hydrogen-bond acceptors (Lipinski definition) is 5. The number of aromatic amines is 1. The van der Waals surface area contributed by atoms with Crippen molar-refractivity contribution in [3.63, 3.8) is 0 Å². The van der Waals surface area contributed by atoms with Crippen LogP contribution in [0.15, 0.2) is 59.4 Å². The van der Waals surface area contributed by atoms with Gasteiger partial charge in [0, 0.05) is 24.0 Å². The van der Waals surface area contributed by atoms with Crippen molar-refractivity contribution in [2.75, 3.05) is 13.1 Å². The van der Waals surface area contributed by atoms with Crippen LogP contribution in [0.1, 0.15) is 30.2 Å². The van der Waals surface area contributed by atoms with Crippen molar-refractivity contribution in [1.29, 1.82) is 0 Å². The van der Waals surface area contributed by atoms with Crippen LogP contribution < -0.4 is 5.56 Å². The van der Waals surface area contributed by atoms with Crippen LogP contribution in [0.3, 0.4) is 0 Å². The average Bonchev–Trinajstić information content (AvgIpc) is 3.29. The van der Waals surface area contributed by atoms with E-state index in [0.717, 1.165) is 12.8 Å². The van der Waals surface area contributed by atoms with Crippen molar-refractivity contribution in [3.8, 4) is 0 Å². The zero-order valence-corrected chi connectivity index (χ0v) is 15.8. The molecule has 0 unspecified atom stereocenters. The standard InChI is InChI=1S/C22H21N3O4/c26-19(14-18-16-10-4-5-11-17(16)21(27)24-23-18)29-20(15-8-2-1-3-9-15)22(28)25-12-6-7-13-25/h1-5,8-11,20H,6-7,12-14H2,(H,24,27)/t20-/m1/s1. The summed E-state index contributed by atoms with van der Waals surface area (Å²) in [6, 6.07) is 16.0. The van der Waals surface area contributed by atoms with Crippen molar-refractivity contribution in [2.24, 2.45) is 0 Å². The van der Waals surface area contributed by atoms with Crippen LogP contribution in [0.4, 0.5) is 0 Å². The number of hydrogen-bond donors (Lipinski definition) is 1. The summed E-state index contributed by atoms with van der Waals surface area (Å²) >= 11 is 0. The second-order valence-corrected chi connectivity index (χ2v) is 7.03. The SMILES string of the molecule is O=C(Cc1n[nH]c(=O)c2ccccc12)O[C@@H](C(=O)N1CCCC1)c1ccccc1. The number of H-pyrrole nitrogens is 1. The number of amides is 1. The molecule has 0 saturated carbocycles. The minimum absolute atomic E-state index is 0.145. The molecule has 3 aromatic rings. The molecule has 1 aromatic heterocycles. The van der Waals surface area contributed by atoms with Gasteiger partial charge in [0.25, 0.3) is 11.5 Å². The number of carbonyl (C=O) groups excluding carboxylic acids is 2. The van der Waals surface area contributed by atoms with E-state index in [1.807, 2.05) is 18.2 Å². The van der Waals surface area contributed by atoms with Gasteiger partial charge < -0.3 is 9.64 Å². The maximum atomic E-state index is 13.0. The fraction of sp³-hybridized carbons (Fsp3) is 0.273. The molecule has 148 valence electrons. The Balaban J connectivity index is 1.58. The highest BCUT2D eigenvalue weighted by atomic mass is 16.5. The second kappa shape index (κ2) is 8.26. The molecule has 0 bridgehead atoms. The first-order valence-corrected chi connectivity index (χ1v) is 9.63. The molecule has 1 aliphatic rings. The smallest absolute Gasteiger partial charge is 0.313 e. The first kappa shape index (κ1) is 18.9. The molecule has 1 N–H and O–H groups in total. The average molecular weight is 391 g/mol. The van der Waals surface area contributed by atoms with Gasteiger partial charge in [0.05, 0.1) is 17.5 Å². The summed E-state index contributed by atoms with van der Waals surface area (Å²) in [7, 11) is 0. The predicted octanol–water partition coefficient (Wildman–Crippen LogP) is 2.37. The number of benzene rings is 2. The van der Waals surface area contributed by atoms with Crippen molar-refractivity contribution >= 4 is 22.6 Å². The summed E-state index contributed by atoms with van der Waals surface area (Å²) in [6.07, 6.45) is 0.771. The summed E-state index contributed by atoms with van der Waals surface area (Å²) in [5, 5.41) is 7.48. The summed E-state index contributed by atoms with van der Waals surface area (Å²) < 4.78 is 5.63. The first-order valence-electron chi connectivity index (χ1n) is 9.63. The Morgan fingerprint density at radius 1 is 1.00 bits per heavy atom. The first-order chi connectivity index (χ1) is 14.1. The van der Waals surface area contributed by atoms with Gasteiger partial charge in [-0.15, -0.1) is 0 Å². The number of likely N-dealkylation sites (tertiary alicyclic amines) is 1. The van der Waals surface area contributed by atoms with Crippen LogP contribution >= 0.6 is 0 Å². The van der Waals surface area contributed by atoms with Gasteiger partial charge in [0.15, 0.2) is 0 Å². The van der Waals surface area contributed by atoms with Gasteiger partial charge in [-0.05, 0) is 18.9 Å². The lowest BCUT2D eigenvalue weighted by Crippen LogP contribution is -2.35. The Hall–Kier alpha value is -3.48. The normalized spacial score (nSPS) is 14.7. The van der Waals surface area contributed by atoms with Gasteiger partial charge in [-0.2, -0.15) is 5.10 Å². The van der Waals surface area contributed by atoms with Crippen molar-refractivity contribution < 1.29 is 14.3 Å². The Morgan fingerprint density at radius 2 is 1.66 bits per heavy atom. The lowest BCUT2D eigenvalue weighted by molar-refractivity contribution is -0.160. The van der Waals surface area contributed by atoms with E-state index in [1.54, 1.807) is 41.3 Å². The molecule has 1 fully saturated rings. The molecular weight excluding hydrogens is 370 g/mol. The summed E-state index contributed by atoms with van der Waals surface area (Å²) in [5.41, 5.74) is 0.728. The van der Waals surface area contributed by atoms with E-state index in [-0.39, 0.29) is 17.9 Å². The van der Waals surface area contributed by atoms with Gasteiger partial charge in [-0.25, -0.2) is 5.10 Å². The van der Waals surface area contributed by atoms with Gasteiger partial charge in [0.1, 0.15) is 0 Å². The van der Waals surface area contributed by atoms with E-state index in [9.17, 15) is 14.4 Å². The summed E-state index contributed by atoms with van der Waals surface area (Å²) in [4.78, 5) is 39.4. The molecule has 1 saturated heterocycles. The van der Waals surface area contributed by atoms with Gasteiger partial charge >= 0.3 is 5.97 Å². The third-order valence-corrected chi connectivity index (χ3v) is 5.08. The van der Waals surface area contributed by atoms with Crippen molar-refractivity contribution in [1.82, 2.24) is 15.1 Å². The minimum atomic E-state index is -0.990. The van der Waals surface area contributed by atoms with Crippen LogP contribution in [0, 0.1) is 0 Å². The third kappa shape index (κ3) is 4.03. The Labute approximate surface area is 167 Å². The molecule has 7 heteroatoms. The number of nitrogens with zero attached hydrogens (tertiary/aromatic N) is 2. The maximum Gasteiger partial charge on any atom is 0.313 e. The molecule has 0 radical (unpaired) electrons. The van der Waals surface area contributed by atoms with Crippen molar-refractivity contribution in [2.45, 2.75) is 25.4 Å². The number of esters is 1. The van der Waals surface area contributed by atoms with Gasteiger partial charge in [-0.1, -0.05) is 48.5 Å². The molecule has 7 nitrogen and oxygen atoms in total. The van der Waals surface area contributed by atoms with E-state index >= 15 is 0 Å². The minimum Gasteiger partial charge on any atom is -0.447 e. The molecule has 1 atom stereocenters. The molecule has 2 aromatic carbocycles. The molecule has 2 heterocycles. The zero-order chi connectivity index (χ0) is 20.2. The molecule has 4 rings (SSSR count). The Kier molecular flexibility index (Phi) is 5.37. The lowest BCUT2D eigenvalue weighted by atomic mass is 10.1. The fourth-order valence-corrected chi connectivity index (χ4v) is 3.61. The van der Waals surface area contributed by atoms with Crippen LogP contribution in [0.25, 0.3) is 10.8 Å². The van der Waals surface area contributed by atoms with E-state index in [0.29, 0.717) is 35.1 Å². The highest BCUT2D eigenvalue weighted by molar-refractivity contribution is 5.89. The topological polar surface area (TPSA) is 92.4 Å². The third-order valence-electron chi connectivity index (χ3n) is 5.08. The Bertz CT molecular complexity index is 1090. The zero-order valence-electron chi connectivity index (χ0n) is 15.8. The highest BCUT2D eigenvalue weighted by Crippen LogP contribution is 2.24. The molecule has 29 heavy (non-hydrogen) atoms.